The second kappa shape index (κ2) is 9.43. The van der Waals surface area contributed by atoms with Crippen molar-refractivity contribution in [2.75, 3.05) is 39.0 Å². The first kappa shape index (κ1) is 23.9. The van der Waals surface area contributed by atoms with Gasteiger partial charge in [-0.15, -0.1) is 0 Å². The Morgan fingerprint density at radius 2 is 1.59 bits per heavy atom. The highest BCUT2D eigenvalue weighted by Gasteiger charge is 2.56. The van der Waals surface area contributed by atoms with Crippen LogP contribution in [0.3, 0.4) is 0 Å². The number of aliphatic hydroxyl groups excluding tert-OH is 1. The van der Waals surface area contributed by atoms with Gasteiger partial charge in [0.1, 0.15) is 0 Å². The number of aromatic amines is 2. The SMILES string of the molecule is CN1CCN(C(=O)C2(CSc3nc4ccccc4[nH]3)OC(=O)C(O)=C2Sc2nc3ccccc3[nH]2)CC1. The summed E-state index contributed by atoms with van der Waals surface area (Å²) in [5, 5.41) is 11.9. The normalized spacial score (nSPS) is 20.8. The van der Waals surface area contributed by atoms with Crippen LogP contribution in [0, 0.1) is 0 Å². The number of fused-ring (bicyclic) bond motifs is 2. The first-order valence-corrected chi connectivity index (χ1v) is 13.6. The number of likely N-dealkylation sites (N-methyl/N-ethyl adjacent to an activating group) is 1. The number of thioether (sulfide) groups is 2. The molecule has 2 aromatic carbocycles. The van der Waals surface area contributed by atoms with Gasteiger partial charge in [0.05, 0.1) is 32.7 Å². The average molecular weight is 537 g/mol. The van der Waals surface area contributed by atoms with Crippen molar-refractivity contribution in [3.8, 4) is 0 Å². The first-order chi connectivity index (χ1) is 17.9. The maximum Gasteiger partial charge on any atom is 0.375 e. The van der Waals surface area contributed by atoms with Crippen molar-refractivity contribution in [2.45, 2.75) is 15.9 Å². The van der Waals surface area contributed by atoms with Gasteiger partial charge in [0.2, 0.25) is 11.4 Å². The summed E-state index contributed by atoms with van der Waals surface area (Å²) in [7, 11) is 2.00. The first-order valence-electron chi connectivity index (χ1n) is 11.8. The van der Waals surface area contributed by atoms with Gasteiger partial charge in [-0.05, 0) is 43.1 Å². The molecule has 1 fully saturated rings. The second-order valence-electron chi connectivity index (χ2n) is 9.00. The van der Waals surface area contributed by atoms with Gasteiger partial charge in [0, 0.05) is 26.2 Å². The zero-order chi connectivity index (χ0) is 25.6. The fraction of sp³-hybridized carbons (Fsp3) is 0.280. The lowest BCUT2D eigenvalue weighted by Crippen LogP contribution is -2.57. The molecule has 0 aliphatic carbocycles. The van der Waals surface area contributed by atoms with Crippen molar-refractivity contribution in [3.05, 3.63) is 59.2 Å². The van der Waals surface area contributed by atoms with Crippen LogP contribution in [-0.4, -0.2) is 91.3 Å². The number of carbonyl (C=O) groups is 2. The van der Waals surface area contributed by atoms with E-state index in [0.29, 0.717) is 36.5 Å². The predicted octanol–water partition coefficient (Wildman–Crippen LogP) is 3.16. The zero-order valence-corrected chi connectivity index (χ0v) is 21.6. The molecular weight excluding hydrogens is 512 g/mol. The third kappa shape index (κ3) is 4.34. The molecule has 2 aliphatic heterocycles. The number of para-hydroxylation sites is 4. The molecule has 0 bridgehead atoms. The number of aromatic nitrogens is 4. The maximum atomic E-state index is 14.1. The summed E-state index contributed by atoms with van der Waals surface area (Å²) in [4.78, 5) is 46.4. The summed E-state index contributed by atoms with van der Waals surface area (Å²) < 4.78 is 5.77. The number of rotatable bonds is 6. The molecule has 1 atom stereocenters. The molecule has 2 aliphatic rings. The number of esters is 1. The van der Waals surface area contributed by atoms with Crippen LogP contribution in [0.5, 0.6) is 0 Å². The number of ether oxygens (including phenoxy) is 1. The van der Waals surface area contributed by atoms with Crippen molar-refractivity contribution in [2.24, 2.45) is 0 Å². The third-order valence-corrected chi connectivity index (χ3v) is 8.66. The molecule has 37 heavy (non-hydrogen) atoms. The molecule has 3 N–H and O–H groups in total. The Kier molecular flexibility index (Phi) is 6.09. The number of piperazine rings is 1. The number of hydrogen-bond acceptors (Lipinski definition) is 9. The molecule has 0 saturated carbocycles. The van der Waals surface area contributed by atoms with Crippen molar-refractivity contribution in [3.63, 3.8) is 0 Å². The van der Waals surface area contributed by atoms with E-state index >= 15 is 0 Å². The minimum absolute atomic E-state index is 0.0381. The molecule has 4 heterocycles. The van der Waals surface area contributed by atoms with E-state index in [9.17, 15) is 14.7 Å². The molecule has 1 saturated heterocycles. The van der Waals surface area contributed by atoms with Crippen LogP contribution in [0.4, 0.5) is 0 Å². The van der Waals surface area contributed by atoms with Crippen LogP contribution in [0.2, 0.25) is 0 Å². The number of cyclic esters (lactones) is 1. The fourth-order valence-corrected chi connectivity index (χ4v) is 6.62. The Morgan fingerprint density at radius 3 is 2.24 bits per heavy atom. The molecule has 1 amide bonds. The highest BCUT2D eigenvalue weighted by atomic mass is 32.2. The lowest BCUT2D eigenvalue weighted by atomic mass is 10.0. The number of imidazole rings is 2. The predicted molar refractivity (Wildman–Crippen MR) is 141 cm³/mol. The van der Waals surface area contributed by atoms with Crippen LogP contribution < -0.4 is 0 Å². The number of nitrogens with zero attached hydrogens (tertiary/aromatic N) is 4. The minimum atomic E-state index is -1.72. The van der Waals surface area contributed by atoms with Crippen molar-refractivity contribution < 1.29 is 19.4 Å². The summed E-state index contributed by atoms with van der Waals surface area (Å²) >= 11 is 2.31. The van der Waals surface area contributed by atoms with E-state index in [0.717, 1.165) is 33.8 Å². The number of benzene rings is 2. The molecule has 1 unspecified atom stereocenters. The summed E-state index contributed by atoms with van der Waals surface area (Å²) in [6, 6.07) is 15.1. The Morgan fingerprint density at radius 1 is 1.00 bits per heavy atom. The molecule has 4 aromatic rings. The molecule has 0 spiro atoms. The summed E-state index contributed by atoms with van der Waals surface area (Å²) in [5.74, 6) is -1.82. The Labute approximate surface area is 220 Å². The molecule has 0 radical (unpaired) electrons. The van der Waals surface area contributed by atoms with Crippen molar-refractivity contribution in [1.29, 1.82) is 0 Å². The fourth-order valence-electron chi connectivity index (χ4n) is 4.47. The standard InChI is InChI=1S/C25H24N6O4S2/c1-30-10-12-31(13-11-30)22(34)25(14-36-23-26-15-6-2-3-7-16(15)27-23)20(19(32)21(33)35-25)37-24-28-17-8-4-5-9-18(17)29-24/h2-9,32H,10-14H2,1H3,(H,26,27)(H,28,29). The summed E-state index contributed by atoms with van der Waals surface area (Å²) in [5.41, 5.74) is 1.49. The van der Waals surface area contributed by atoms with E-state index < -0.39 is 17.3 Å². The van der Waals surface area contributed by atoms with Gasteiger partial charge in [-0.1, -0.05) is 36.0 Å². The van der Waals surface area contributed by atoms with Crippen molar-refractivity contribution >= 4 is 57.5 Å². The average Bonchev–Trinajstić information content (AvgIpc) is 3.58. The quantitative estimate of drug-likeness (QED) is 0.251. The maximum absolute atomic E-state index is 14.1. The monoisotopic (exact) mass is 536 g/mol. The largest absolute Gasteiger partial charge is 0.501 e. The minimum Gasteiger partial charge on any atom is -0.501 e. The molecular formula is C25H24N6O4S2. The van der Waals surface area contributed by atoms with E-state index in [1.54, 1.807) is 4.90 Å². The van der Waals surface area contributed by atoms with Gasteiger partial charge < -0.3 is 29.6 Å². The number of nitrogens with one attached hydrogen (secondary N) is 2. The van der Waals surface area contributed by atoms with Crippen LogP contribution in [0.25, 0.3) is 22.1 Å². The topological polar surface area (TPSA) is 127 Å². The lowest BCUT2D eigenvalue weighted by molar-refractivity contribution is -0.162. The van der Waals surface area contributed by atoms with Gasteiger partial charge in [0.25, 0.3) is 5.91 Å². The molecule has 6 rings (SSSR count). The van der Waals surface area contributed by atoms with Crippen LogP contribution >= 0.6 is 23.5 Å². The smallest absolute Gasteiger partial charge is 0.375 e. The van der Waals surface area contributed by atoms with Gasteiger partial charge >= 0.3 is 5.97 Å². The van der Waals surface area contributed by atoms with E-state index in [4.69, 9.17) is 4.74 Å². The van der Waals surface area contributed by atoms with Gasteiger partial charge in [-0.25, -0.2) is 14.8 Å². The highest BCUT2D eigenvalue weighted by Crippen LogP contribution is 2.46. The summed E-state index contributed by atoms with van der Waals surface area (Å²) in [6.45, 7) is 2.39. The Hall–Kier alpha value is -3.48. The van der Waals surface area contributed by atoms with E-state index in [2.05, 4.69) is 24.8 Å². The van der Waals surface area contributed by atoms with E-state index in [-0.39, 0.29) is 16.6 Å². The van der Waals surface area contributed by atoms with Gasteiger partial charge in [-0.3, -0.25) is 4.79 Å². The lowest BCUT2D eigenvalue weighted by Gasteiger charge is -2.38. The highest BCUT2D eigenvalue weighted by molar-refractivity contribution is 8.03. The number of hydrogen-bond donors (Lipinski definition) is 3. The van der Waals surface area contributed by atoms with E-state index in [1.807, 2.05) is 55.6 Å². The number of carbonyl (C=O) groups excluding carboxylic acids is 2. The Bertz CT molecular complexity index is 1470. The Balaban J connectivity index is 1.37. The van der Waals surface area contributed by atoms with E-state index in [1.165, 1.54) is 11.8 Å². The number of aliphatic hydroxyl groups is 1. The molecule has 10 nitrogen and oxygen atoms in total. The zero-order valence-electron chi connectivity index (χ0n) is 19.9. The van der Waals surface area contributed by atoms with Gasteiger partial charge in [-0.2, -0.15) is 0 Å². The summed E-state index contributed by atoms with van der Waals surface area (Å²) in [6.07, 6.45) is 0. The molecule has 12 heteroatoms. The van der Waals surface area contributed by atoms with Crippen LogP contribution in [0.15, 0.2) is 69.5 Å². The number of amides is 1. The van der Waals surface area contributed by atoms with Gasteiger partial charge in [0.15, 0.2) is 10.3 Å². The molecule has 2 aromatic heterocycles. The second-order valence-corrected chi connectivity index (χ2v) is 11.0. The third-order valence-electron chi connectivity index (χ3n) is 6.52. The van der Waals surface area contributed by atoms with Crippen LogP contribution in [0.1, 0.15) is 0 Å². The molecule has 190 valence electrons. The number of H-pyrrole nitrogens is 2. The van der Waals surface area contributed by atoms with Crippen LogP contribution in [-0.2, 0) is 14.3 Å². The van der Waals surface area contributed by atoms with Crippen molar-refractivity contribution in [1.82, 2.24) is 29.7 Å².